The van der Waals surface area contributed by atoms with Gasteiger partial charge in [-0.2, -0.15) is 0 Å². The van der Waals surface area contributed by atoms with Gasteiger partial charge in [-0.3, -0.25) is 0 Å². The molecule has 0 aliphatic heterocycles. The fourth-order valence-corrected chi connectivity index (χ4v) is 1.63. The largest absolute Gasteiger partial charge is 0.398 e. The van der Waals surface area contributed by atoms with Gasteiger partial charge in [0, 0.05) is 15.8 Å². The van der Waals surface area contributed by atoms with Crippen LogP contribution in [0.3, 0.4) is 0 Å². The van der Waals surface area contributed by atoms with E-state index in [1.165, 1.54) is 0 Å². The van der Waals surface area contributed by atoms with Crippen LogP contribution < -0.4 is 5.73 Å². The molecule has 0 radical (unpaired) electrons. The Kier molecular flexibility index (Phi) is 4.81. The summed E-state index contributed by atoms with van der Waals surface area (Å²) in [5, 5.41) is 18.3. The molecule has 0 aromatic carbocycles. The van der Waals surface area contributed by atoms with Crippen LogP contribution in [0.15, 0.2) is 46.1 Å². The van der Waals surface area contributed by atoms with Crippen molar-refractivity contribution in [2.75, 3.05) is 0 Å². The van der Waals surface area contributed by atoms with Crippen LogP contribution >= 0.6 is 15.9 Å². The quantitative estimate of drug-likeness (QED) is 0.636. The molecule has 0 saturated heterocycles. The van der Waals surface area contributed by atoms with Crippen LogP contribution in [-0.4, -0.2) is 16.5 Å². The van der Waals surface area contributed by atoms with Crippen molar-refractivity contribution in [2.45, 2.75) is 19.1 Å². The zero-order chi connectivity index (χ0) is 11.3. The van der Waals surface area contributed by atoms with E-state index in [0.29, 0.717) is 11.3 Å². The number of allylic oxidation sites excluding steroid dienone is 5. The predicted octanol–water partition coefficient (Wildman–Crippen LogP) is 1.69. The molecule has 3 nitrogen and oxygen atoms in total. The van der Waals surface area contributed by atoms with Crippen LogP contribution in [0.1, 0.15) is 12.8 Å². The number of aliphatic hydroxyl groups is 2. The van der Waals surface area contributed by atoms with Gasteiger partial charge in [0.05, 0.1) is 0 Å². The van der Waals surface area contributed by atoms with Crippen molar-refractivity contribution < 1.29 is 10.2 Å². The van der Waals surface area contributed by atoms with Crippen LogP contribution in [0.2, 0.25) is 0 Å². The first kappa shape index (κ1) is 12.2. The fraction of sp³-hybridized carbons (Fsp3) is 0.273. The van der Waals surface area contributed by atoms with Gasteiger partial charge in [-0.25, -0.2) is 0 Å². The van der Waals surface area contributed by atoms with E-state index in [0.717, 1.165) is 17.3 Å². The summed E-state index contributed by atoms with van der Waals surface area (Å²) < 4.78 is 0.767. The maximum Gasteiger partial charge on any atom is 0.180 e. The first-order valence-corrected chi connectivity index (χ1v) is 5.46. The van der Waals surface area contributed by atoms with Gasteiger partial charge in [-0.05, 0) is 25.0 Å². The predicted molar refractivity (Wildman–Crippen MR) is 64.0 cm³/mol. The highest BCUT2D eigenvalue weighted by molar-refractivity contribution is 9.11. The minimum atomic E-state index is -1.56. The molecule has 0 amide bonds. The number of rotatable bonds is 1. The molecule has 4 heteroatoms. The van der Waals surface area contributed by atoms with Crippen LogP contribution in [-0.2, 0) is 0 Å². The molecule has 1 rings (SSSR count). The van der Waals surface area contributed by atoms with E-state index in [-0.39, 0.29) is 0 Å². The summed E-state index contributed by atoms with van der Waals surface area (Å²) >= 11 is 3.31. The molecule has 1 aliphatic carbocycles. The Morgan fingerprint density at radius 3 is 2.40 bits per heavy atom. The van der Waals surface area contributed by atoms with Crippen LogP contribution in [0, 0.1) is 0 Å². The van der Waals surface area contributed by atoms with Gasteiger partial charge >= 0.3 is 0 Å². The third kappa shape index (κ3) is 4.03. The molecule has 0 unspecified atom stereocenters. The summed E-state index contributed by atoms with van der Waals surface area (Å²) in [6, 6.07) is 0. The summed E-state index contributed by atoms with van der Waals surface area (Å²) in [5.74, 6) is 0. The lowest BCUT2D eigenvalue weighted by atomic mass is 10.1. The van der Waals surface area contributed by atoms with Crippen molar-refractivity contribution in [2.24, 2.45) is 5.73 Å². The molecule has 82 valence electrons. The van der Waals surface area contributed by atoms with E-state index in [1.54, 1.807) is 12.2 Å². The number of halogens is 1. The summed E-state index contributed by atoms with van der Waals surface area (Å²) in [7, 11) is 0. The molecule has 15 heavy (non-hydrogen) atoms. The lowest BCUT2D eigenvalue weighted by Crippen LogP contribution is -2.13. The SMILES string of the molecule is NC1=C(C(O)O)/C=C(Br)\C=C\CC\C=C\1. The van der Waals surface area contributed by atoms with Crippen molar-refractivity contribution in [3.63, 3.8) is 0 Å². The van der Waals surface area contributed by atoms with E-state index >= 15 is 0 Å². The molecule has 1 aliphatic rings. The van der Waals surface area contributed by atoms with E-state index in [2.05, 4.69) is 15.9 Å². The highest BCUT2D eigenvalue weighted by Crippen LogP contribution is 2.17. The Morgan fingerprint density at radius 2 is 1.80 bits per heavy atom. The van der Waals surface area contributed by atoms with Gasteiger partial charge in [0.2, 0.25) is 0 Å². The van der Waals surface area contributed by atoms with E-state index in [1.807, 2.05) is 18.2 Å². The molecule has 0 atom stereocenters. The zero-order valence-corrected chi connectivity index (χ0v) is 9.81. The normalized spacial score (nSPS) is 30.8. The third-order valence-corrected chi connectivity index (χ3v) is 2.47. The Bertz CT molecular complexity index is 340. The molecule has 0 aromatic heterocycles. The Balaban J connectivity index is 3.10. The fourth-order valence-electron chi connectivity index (χ4n) is 1.20. The molecule has 0 heterocycles. The standard InChI is InChI=1S/C11H14BrNO2/c12-8-5-3-1-2-4-6-10(13)9(7-8)11(14)15/h3-7,11,14-15H,1-2,13H2/b5-3+,6-4+,8-7+,10-9-. The highest BCUT2D eigenvalue weighted by Gasteiger charge is 2.08. The van der Waals surface area contributed by atoms with E-state index < -0.39 is 6.29 Å². The second-order valence-electron chi connectivity index (χ2n) is 3.20. The molecule has 0 spiro atoms. The average Bonchev–Trinajstić information content (AvgIpc) is 2.18. The molecule has 0 saturated carbocycles. The van der Waals surface area contributed by atoms with Crippen molar-refractivity contribution in [3.8, 4) is 0 Å². The second kappa shape index (κ2) is 5.90. The maximum atomic E-state index is 9.14. The van der Waals surface area contributed by atoms with E-state index in [9.17, 15) is 0 Å². The molecule has 4 N–H and O–H groups in total. The monoisotopic (exact) mass is 271 g/mol. The van der Waals surface area contributed by atoms with Crippen LogP contribution in [0.4, 0.5) is 0 Å². The molecular weight excluding hydrogens is 258 g/mol. The Hall–Kier alpha value is -0.840. The van der Waals surface area contributed by atoms with Gasteiger partial charge in [0.1, 0.15) is 0 Å². The second-order valence-corrected chi connectivity index (χ2v) is 4.11. The van der Waals surface area contributed by atoms with Gasteiger partial charge in [0.15, 0.2) is 6.29 Å². The van der Waals surface area contributed by atoms with Gasteiger partial charge in [0.25, 0.3) is 0 Å². The minimum absolute atomic E-state index is 0.296. The summed E-state index contributed by atoms with van der Waals surface area (Å²) in [6.45, 7) is 0. The topological polar surface area (TPSA) is 66.5 Å². The minimum Gasteiger partial charge on any atom is -0.398 e. The molecule has 0 bridgehead atoms. The van der Waals surface area contributed by atoms with Crippen molar-refractivity contribution in [1.82, 2.24) is 0 Å². The Labute approximate surface area is 97.4 Å². The van der Waals surface area contributed by atoms with Crippen LogP contribution in [0.25, 0.3) is 0 Å². The average molecular weight is 272 g/mol. The van der Waals surface area contributed by atoms with Gasteiger partial charge in [-0.15, -0.1) is 0 Å². The third-order valence-electron chi connectivity index (χ3n) is 1.98. The smallest absolute Gasteiger partial charge is 0.180 e. The zero-order valence-electron chi connectivity index (χ0n) is 8.23. The summed E-state index contributed by atoms with van der Waals surface area (Å²) in [5.41, 5.74) is 6.38. The first-order chi connectivity index (χ1) is 7.11. The number of aliphatic hydroxyl groups excluding tert-OH is 1. The van der Waals surface area contributed by atoms with Crippen molar-refractivity contribution in [3.05, 3.63) is 46.1 Å². The highest BCUT2D eigenvalue weighted by atomic mass is 79.9. The number of hydrogen-bond donors (Lipinski definition) is 3. The molecule has 0 fully saturated rings. The van der Waals surface area contributed by atoms with Crippen molar-refractivity contribution >= 4 is 15.9 Å². The van der Waals surface area contributed by atoms with Gasteiger partial charge in [-0.1, -0.05) is 34.2 Å². The van der Waals surface area contributed by atoms with Crippen molar-refractivity contribution in [1.29, 1.82) is 0 Å². The lowest BCUT2D eigenvalue weighted by molar-refractivity contribution is -0.00545. The van der Waals surface area contributed by atoms with E-state index in [4.69, 9.17) is 15.9 Å². The van der Waals surface area contributed by atoms with Crippen LogP contribution in [0.5, 0.6) is 0 Å². The van der Waals surface area contributed by atoms with Gasteiger partial charge < -0.3 is 15.9 Å². The first-order valence-electron chi connectivity index (χ1n) is 4.67. The lowest BCUT2D eigenvalue weighted by Gasteiger charge is -2.08. The maximum absolute atomic E-state index is 9.14. The summed E-state index contributed by atoms with van der Waals surface area (Å²) in [6.07, 6.45) is 9.35. The summed E-state index contributed by atoms with van der Waals surface area (Å²) in [4.78, 5) is 0. The molecular formula is C11H14BrNO2. The molecule has 0 aromatic rings. The number of nitrogens with two attached hydrogens (primary N) is 1. The Morgan fingerprint density at radius 1 is 1.20 bits per heavy atom. The number of hydrogen-bond acceptors (Lipinski definition) is 3.